The van der Waals surface area contributed by atoms with Crippen LogP contribution in [0.2, 0.25) is 0 Å². The summed E-state index contributed by atoms with van der Waals surface area (Å²) in [6.07, 6.45) is 0. The maximum atomic E-state index is 12.8. The molecule has 0 aromatic heterocycles. The van der Waals surface area contributed by atoms with E-state index in [1.807, 2.05) is 30.3 Å². The Balaban J connectivity index is 1.64. The second-order valence-corrected chi connectivity index (χ2v) is 6.52. The van der Waals surface area contributed by atoms with E-state index < -0.39 is 0 Å². The lowest BCUT2D eigenvalue weighted by atomic mass is 10.1. The Labute approximate surface area is 180 Å². The van der Waals surface area contributed by atoms with Crippen molar-refractivity contribution in [2.24, 2.45) is 0 Å². The van der Waals surface area contributed by atoms with E-state index in [9.17, 15) is 9.59 Å². The van der Waals surface area contributed by atoms with E-state index in [-0.39, 0.29) is 11.8 Å². The molecule has 7 heteroatoms. The zero-order chi connectivity index (χ0) is 22.1. The van der Waals surface area contributed by atoms with Crippen LogP contribution in [0.25, 0.3) is 0 Å². The van der Waals surface area contributed by atoms with Gasteiger partial charge in [0.1, 0.15) is 23.9 Å². The Morgan fingerprint density at radius 1 is 0.774 bits per heavy atom. The van der Waals surface area contributed by atoms with Gasteiger partial charge in [0.05, 0.1) is 32.0 Å². The maximum Gasteiger partial charge on any atom is 0.255 e. The highest BCUT2D eigenvalue weighted by Crippen LogP contribution is 2.24. The molecule has 0 aliphatic heterocycles. The first-order valence-electron chi connectivity index (χ1n) is 9.70. The lowest BCUT2D eigenvalue weighted by molar-refractivity contribution is 0.0948. The van der Waals surface area contributed by atoms with E-state index in [0.29, 0.717) is 41.5 Å². The molecule has 3 aromatic rings. The van der Waals surface area contributed by atoms with Gasteiger partial charge in [0.15, 0.2) is 0 Å². The van der Waals surface area contributed by atoms with Crippen molar-refractivity contribution in [3.8, 4) is 17.2 Å². The highest BCUT2D eigenvalue weighted by molar-refractivity contribution is 6.09. The Kier molecular flexibility index (Phi) is 7.48. The summed E-state index contributed by atoms with van der Waals surface area (Å²) in [5, 5.41) is 5.59. The standard InChI is InChI=1S/C24H24N2O5/c1-29-19-14-17(15-20(16-19)30-2)23(27)26-22-11-7-6-10-21(22)24(28)25-12-13-31-18-8-4-3-5-9-18/h3-11,14-16H,12-13H2,1-2H3,(H,25,28)(H,26,27). The molecule has 0 radical (unpaired) electrons. The number of methoxy groups -OCH3 is 2. The smallest absolute Gasteiger partial charge is 0.255 e. The molecule has 7 nitrogen and oxygen atoms in total. The number of amides is 2. The fourth-order valence-corrected chi connectivity index (χ4v) is 2.87. The number of benzene rings is 3. The number of hydrogen-bond acceptors (Lipinski definition) is 5. The van der Waals surface area contributed by atoms with Crippen LogP contribution in [0, 0.1) is 0 Å². The molecule has 0 aliphatic carbocycles. The number of ether oxygens (including phenoxy) is 3. The molecule has 160 valence electrons. The zero-order valence-electron chi connectivity index (χ0n) is 17.4. The van der Waals surface area contributed by atoms with Gasteiger partial charge in [0.25, 0.3) is 11.8 Å². The largest absolute Gasteiger partial charge is 0.497 e. The third kappa shape index (κ3) is 5.99. The van der Waals surface area contributed by atoms with Crippen LogP contribution in [0.5, 0.6) is 17.2 Å². The van der Waals surface area contributed by atoms with Crippen molar-refractivity contribution in [2.75, 3.05) is 32.7 Å². The van der Waals surface area contributed by atoms with Crippen molar-refractivity contribution in [3.63, 3.8) is 0 Å². The number of hydrogen-bond donors (Lipinski definition) is 2. The van der Waals surface area contributed by atoms with E-state index >= 15 is 0 Å². The molecule has 0 spiro atoms. The molecular weight excluding hydrogens is 396 g/mol. The number of rotatable bonds is 9. The number of carbonyl (C=O) groups is 2. The fraction of sp³-hybridized carbons (Fsp3) is 0.167. The monoisotopic (exact) mass is 420 g/mol. The van der Waals surface area contributed by atoms with E-state index in [2.05, 4.69) is 10.6 Å². The number of nitrogens with one attached hydrogen (secondary N) is 2. The van der Waals surface area contributed by atoms with Crippen LogP contribution in [0.1, 0.15) is 20.7 Å². The Morgan fingerprint density at radius 2 is 1.42 bits per heavy atom. The number of anilines is 1. The molecule has 2 N–H and O–H groups in total. The molecule has 2 amide bonds. The SMILES string of the molecule is COc1cc(OC)cc(C(=O)Nc2ccccc2C(=O)NCCOc2ccccc2)c1. The van der Waals surface area contributed by atoms with Gasteiger partial charge < -0.3 is 24.8 Å². The molecule has 0 heterocycles. The summed E-state index contributed by atoms with van der Waals surface area (Å²) in [6.45, 7) is 0.650. The second-order valence-electron chi connectivity index (χ2n) is 6.52. The van der Waals surface area contributed by atoms with Crippen molar-refractivity contribution in [3.05, 3.63) is 83.9 Å². The van der Waals surface area contributed by atoms with Crippen molar-refractivity contribution in [1.29, 1.82) is 0 Å². The van der Waals surface area contributed by atoms with Gasteiger partial charge >= 0.3 is 0 Å². The minimum Gasteiger partial charge on any atom is -0.497 e. The first-order chi connectivity index (χ1) is 15.1. The number of para-hydroxylation sites is 2. The van der Waals surface area contributed by atoms with Crippen LogP contribution in [-0.2, 0) is 0 Å². The van der Waals surface area contributed by atoms with Crippen LogP contribution >= 0.6 is 0 Å². The predicted molar refractivity (Wildman–Crippen MR) is 118 cm³/mol. The Hall–Kier alpha value is -4.00. The van der Waals surface area contributed by atoms with Crippen molar-refractivity contribution < 1.29 is 23.8 Å². The third-order valence-electron chi connectivity index (χ3n) is 4.43. The van der Waals surface area contributed by atoms with Crippen molar-refractivity contribution in [1.82, 2.24) is 5.32 Å². The Morgan fingerprint density at radius 3 is 2.10 bits per heavy atom. The van der Waals surface area contributed by atoms with Crippen LogP contribution < -0.4 is 24.8 Å². The number of carbonyl (C=O) groups excluding carboxylic acids is 2. The minimum atomic E-state index is -0.384. The molecule has 0 saturated carbocycles. The Bertz CT molecular complexity index is 1010. The molecule has 0 unspecified atom stereocenters. The first kappa shape index (κ1) is 21.7. The van der Waals surface area contributed by atoms with Crippen molar-refractivity contribution >= 4 is 17.5 Å². The van der Waals surface area contributed by atoms with E-state index in [1.54, 1.807) is 42.5 Å². The third-order valence-corrected chi connectivity index (χ3v) is 4.43. The molecule has 0 saturated heterocycles. The highest BCUT2D eigenvalue weighted by Gasteiger charge is 2.15. The van der Waals surface area contributed by atoms with Gasteiger partial charge in [0.2, 0.25) is 0 Å². The van der Waals surface area contributed by atoms with Gasteiger partial charge in [0, 0.05) is 11.6 Å². The molecule has 0 fully saturated rings. The van der Waals surface area contributed by atoms with Crippen molar-refractivity contribution in [2.45, 2.75) is 0 Å². The van der Waals surface area contributed by atoms with Crippen LogP contribution in [0.4, 0.5) is 5.69 Å². The van der Waals surface area contributed by atoms with Crippen LogP contribution in [0.3, 0.4) is 0 Å². The van der Waals surface area contributed by atoms with Gasteiger partial charge in [-0.15, -0.1) is 0 Å². The van der Waals surface area contributed by atoms with Crippen LogP contribution in [-0.4, -0.2) is 39.2 Å². The van der Waals surface area contributed by atoms with E-state index in [0.717, 1.165) is 5.75 Å². The minimum absolute atomic E-state index is 0.309. The molecule has 3 rings (SSSR count). The summed E-state index contributed by atoms with van der Waals surface area (Å²) >= 11 is 0. The first-order valence-corrected chi connectivity index (χ1v) is 9.70. The topological polar surface area (TPSA) is 85.9 Å². The molecular formula is C24H24N2O5. The average Bonchev–Trinajstić information content (AvgIpc) is 2.82. The van der Waals surface area contributed by atoms with Crippen LogP contribution in [0.15, 0.2) is 72.8 Å². The molecule has 0 bridgehead atoms. The lowest BCUT2D eigenvalue weighted by Gasteiger charge is -2.13. The predicted octanol–water partition coefficient (Wildman–Crippen LogP) is 3.76. The molecule has 3 aromatic carbocycles. The van der Waals surface area contributed by atoms with Gasteiger partial charge in [-0.2, -0.15) is 0 Å². The quantitative estimate of drug-likeness (QED) is 0.515. The maximum absolute atomic E-state index is 12.8. The summed E-state index contributed by atoms with van der Waals surface area (Å²) in [6, 6.07) is 21.0. The normalized spacial score (nSPS) is 10.1. The zero-order valence-corrected chi connectivity index (χ0v) is 17.4. The average molecular weight is 420 g/mol. The van der Waals surface area contributed by atoms with Gasteiger partial charge in [-0.25, -0.2) is 0 Å². The fourth-order valence-electron chi connectivity index (χ4n) is 2.87. The lowest BCUT2D eigenvalue weighted by Crippen LogP contribution is -2.29. The van der Waals surface area contributed by atoms with Gasteiger partial charge in [-0.3, -0.25) is 9.59 Å². The molecule has 0 atom stereocenters. The summed E-state index contributed by atoms with van der Waals surface area (Å²) in [5.41, 5.74) is 1.10. The highest BCUT2D eigenvalue weighted by atomic mass is 16.5. The summed E-state index contributed by atoms with van der Waals surface area (Å²) in [5.74, 6) is 1.03. The molecule has 31 heavy (non-hydrogen) atoms. The summed E-state index contributed by atoms with van der Waals surface area (Å²) in [7, 11) is 3.02. The van der Waals surface area contributed by atoms with E-state index in [1.165, 1.54) is 14.2 Å². The molecule has 0 aliphatic rings. The summed E-state index contributed by atoms with van der Waals surface area (Å²) in [4.78, 5) is 25.4. The summed E-state index contributed by atoms with van der Waals surface area (Å²) < 4.78 is 16.0. The van der Waals surface area contributed by atoms with Gasteiger partial charge in [-0.1, -0.05) is 30.3 Å². The van der Waals surface area contributed by atoms with Gasteiger partial charge in [-0.05, 0) is 36.4 Å². The second kappa shape index (κ2) is 10.7. The van der Waals surface area contributed by atoms with E-state index in [4.69, 9.17) is 14.2 Å².